The molecule has 0 bridgehead atoms. The summed E-state index contributed by atoms with van der Waals surface area (Å²) < 4.78 is 5.82. The summed E-state index contributed by atoms with van der Waals surface area (Å²) in [4.78, 5) is 27.6. The van der Waals surface area contributed by atoms with Gasteiger partial charge in [-0.3, -0.25) is 9.59 Å². The van der Waals surface area contributed by atoms with Gasteiger partial charge in [0.25, 0.3) is 0 Å². The highest BCUT2D eigenvalue weighted by Crippen LogP contribution is 2.21. The van der Waals surface area contributed by atoms with Crippen molar-refractivity contribution in [1.82, 2.24) is 9.80 Å². The zero-order chi connectivity index (χ0) is 16.9. The van der Waals surface area contributed by atoms with Gasteiger partial charge in [0.15, 0.2) is 0 Å². The molecule has 2 amide bonds. The average Bonchev–Trinajstić information content (AvgIpc) is 2.59. The molecular formula is C19H24N2O3. The van der Waals surface area contributed by atoms with Crippen LogP contribution in [-0.2, 0) is 20.7 Å². The quantitative estimate of drug-likeness (QED) is 0.770. The summed E-state index contributed by atoms with van der Waals surface area (Å²) in [6.07, 6.45) is 3.27. The molecule has 1 aromatic carbocycles. The number of carbonyl (C=O) groups excluding carboxylic acids is 2. The number of hydrogen-bond acceptors (Lipinski definition) is 3. The van der Waals surface area contributed by atoms with Crippen molar-refractivity contribution in [1.29, 1.82) is 0 Å². The number of morpholine rings is 1. The molecule has 2 heterocycles. The summed E-state index contributed by atoms with van der Waals surface area (Å²) in [7, 11) is 0. The summed E-state index contributed by atoms with van der Waals surface area (Å²) in [5.74, 6) is -0.0142. The first-order valence-corrected chi connectivity index (χ1v) is 8.53. The number of ether oxygens (including phenoxy) is 1. The molecule has 3 rings (SSSR count). The molecule has 1 atom stereocenters. The molecule has 2 fully saturated rings. The summed E-state index contributed by atoms with van der Waals surface area (Å²) in [5.41, 5.74) is 1.29. The van der Waals surface area contributed by atoms with Crippen LogP contribution < -0.4 is 0 Å². The zero-order valence-corrected chi connectivity index (χ0v) is 13.9. The molecular weight excluding hydrogens is 304 g/mol. The van der Waals surface area contributed by atoms with Crippen LogP contribution in [-0.4, -0.2) is 60.5 Å². The van der Waals surface area contributed by atoms with Crippen LogP contribution in [0, 0.1) is 5.92 Å². The number of amides is 2. The third-order valence-electron chi connectivity index (χ3n) is 4.77. The second-order valence-electron chi connectivity index (χ2n) is 6.45. The second kappa shape index (κ2) is 7.62. The lowest BCUT2D eigenvalue weighted by atomic mass is 9.97. The Morgan fingerprint density at radius 2 is 1.92 bits per heavy atom. The summed E-state index contributed by atoms with van der Waals surface area (Å²) in [6, 6.07) is 10.3. The number of nitrogens with zero attached hydrogens (tertiary/aromatic N) is 2. The van der Waals surface area contributed by atoms with Crippen molar-refractivity contribution < 1.29 is 14.3 Å². The molecule has 0 aliphatic carbocycles. The average molecular weight is 328 g/mol. The maximum atomic E-state index is 12.6. The van der Waals surface area contributed by atoms with Crippen LogP contribution in [0.3, 0.4) is 0 Å². The van der Waals surface area contributed by atoms with Crippen molar-refractivity contribution >= 4 is 11.8 Å². The van der Waals surface area contributed by atoms with Gasteiger partial charge in [-0.15, -0.1) is 0 Å². The number of hydrogen-bond donors (Lipinski definition) is 0. The highest BCUT2D eigenvalue weighted by Gasteiger charge is 2.38. The SMILES string of the molecule is C=CC(=O)N1CC(C(=O)N2CCOC(CCc3ccccc3)C2)C1. The molecule has 2 aliphatic rings. The molecule has 5 heteroatoms. The number of likely N-dealkylation sites (tertiary alicyclic amines) is 1. The van der Waals surface area contributed by atoms with Crippen LogP contribution in [0.15, 0.2) is 43.0 Å². The Balaban J connectivity index is 1.46. The largest absolute Gasteiger partial charge is 0.375 e. The topological polar surface area (TPSA) is 49.9 Å². The van der Waals surface area contributed by atoms with E-state index in [2.05, 4.69) is 18.7 Å². The van der Waals surface area contributed by atoms with Crippen LogP contribution in [0.25, 0.3) is 0 Å². The fourth-order valence-electron chi connectivity index (χ4n) is 3.27. The molecule has 2 aliphatic heterocycles. The Bertz CT molecular complexity index is 596. The minimum atomic E-state index is -0.0956. The molecule has 0 aromatic heterocycles. The van der Waals surface area contributed by atoms with Crippen molar-refractivity contribution in [3.05, 3.63) is 48.6 Å². The van der Waals surface area contributed by atoms with Crippen molar-refractivity contribution in [3.8, 4) is 0 Å². The van der Waals surface area contributed by atoms with E-state index in [0.717, 1.165) is 12.8 Å². The van der Waals surface area contributed by atoms with Gasteiger partial charge in [-0.25, -0.2) is 0 Å². The summed E-state index contributed by atoms with van der Waals surface area (Å²) >= 11 is 0. The van der Waals surface area contributed by atoms with E-state index in [4.69, 9.17) is 4.74 Å². The van der Waals surface area contributed by atoms with Gasteiger partial charge in [-0.05, 0) is 24.5 Å². The van der Waals surface area contributed by atoms with Crippen LogP contribution in [0.4, 0.5) is 0 Å². The molecule has 2 saturated heterocycles. The molecule has 0 spiro atoms. The first-order chi connectivity index (χ1) is 11.7. The molecule has 1 aromatic rings. The van der Waals surface area contributed by atoms with Crippen LogP contribution >= 0.6 is 0 Å². The van der Waals surface area contributed by atoms with Crippen molar-refractivity contribution in [2.24, 2.45) is 5.92 Å². The highest BCUT2D eigenvalue weighted by atomic mass is 16.5. The Labute approximate surface area is 142 Å². The molecule has 0 saturated carbocycles. The molecule has 5 nitrogen and oxygen atoms in total. The Hall–Kier alpha value is -2.14. The van der Waals surface area contributed by atoms with E-state index in [1.165, 1.54) is 11.6 Å². The van der Waals surface area contributed by atoms with Gasteiger partial charge in [0.2, 0.25) is 11.8 Å². The van der Waals surface area contributed by atoms with E-state index in [1.807, 2.05) is 23.1 Å². The second-order valence-corrected chi connectivity index (χ2v) is 6.45. The Morgan fingerprint density at radius 3 is 2.62 bits per heavy atom. The lowest BCUT2D eigenvalue weighted by Gasteiger charge is -2.42. The highest BCUT2D eigenvalue weighted by molar-refractivity contribution is 5.90. The normalized spacial score (nSPS) is 21.2. The Kier molecular flexibility index (Phi) is 5.30. The molecule has 0 radical (unpaired) electrons. The molecule has 0 N–H and O–H groups in total. The van der Waals surface area contributed by atoms with Gasteiger partial charge in [-0.2, -0.15) is 0 Å². The van der Waals surface area contributed by atoms with E-state index < -0.39 is 0 Å². The predicted octanol–water partition coefficient (Wildman–Crippen LogP) is 1.49. The van der Waals surface area contributed by atoms with E-state index in [0.29, 0.717) is 32.8 Å². The van der Waals surface area contributed by atoms with Crippen molar-refractivity contribution in [3.63, 3.8) is 0 Å². The summed E-state index contributed by atoms with van der Waals surface area (Å²) in [5, 5.41) is 0. The van der Waals surface area contributed by atoms with Gasteiger partial charge in [-0.1, -0.05) is 36.9 Å². The van der Waals surface area contributed by atoms with Gasteiger partial charge in [0, 0.05) is 26.2 Å². The van der Waals surface area contributed by atoms with E-state index in [1.54, 1.807) is 4.90 Å². The number of benzene rings is 1. The third-order valence-corrected chi connectivity index (χ3v) is 4.77. The predicted molar refractivity (Wildman–Crippen MR) is 91.4 cm³/mol. The van der Waals surface area contributed by atoms with Gasteiger partial charge in [0.1, 0.15) is 0 Å². The minimum absolute atomic E-state index is 0.0678. The zero-order valence-electron chi connectivity index (χ0n) is 13.9. The van der Waals surface area contributed by atoms with E-state index in [9.17, 15) is 9.59 Å². The monoisotopic (exact) mass is 328 g/mol. The van der Waals surface area contributed by atoms with Gasteiger partial charge >= 0.3 is 0 Å². The third kappa shape index (κ3) is 3.85. The maximum absolute atomic E-state index is 12.6. The van der Waals surface area contributed by atoms with E-state index >= 15 is 0 Å². The maximum Gasteiger partial charge on any atom is 0.246 e. The summed E-state index contributed by atoms with van der Waals surface area (Å²) in [6.45, 7) is 6.38. The van der Waals surface area contributed by atoms with Crippen LogP contribution in [0.5, 0.6) is 0 Å². The number of carbonyl (C=O) groups is 2. The first kappa shape index (κ1) is 16.7. The van der Waals surface area contributed by atoms with Gasteiger partial charge in [0.05, 0.1) is 18.6 Å². The fraction of sp³-hybridized carbons (Fsp3) is 0.474. The van der Waals surface area contributed by atoms with Gasteiger partial charge < -0.3 is 14.5 Å². The van der Waals surface area contributed by atoms with Crippen molar-refractivity contribution in [2.45, 2.75) is 18.9 Å². The lowest BCUT2D eigenvalue weighted by Crippen LogP contribution is -2.58. The fourth-order valence-corrected chi connectivity index (χ4v) is 3.27. The smallest absolute Gasteiger partial charge is 0.246 e. The lowest BCUT2D eigenvalue weighted by molar-refractivity contribution is -0.152. The van der Waals surface area contributed by atoms with Crippen LogP contribution in [0.1, 0.15) is 12.0 Å². The molecule has 128 valence electrons. The first-order valence-electron chi connectivity index (χ1n) is 8.53. The number of rotatable bonds is 5. The standard InChI is InChI=1S/C19H24N2O3/c1-2-18(22)21-12-16(13-21)19(23)20-10-11-24-17(14-20)9-8-15-6-4-3-5-7-15/h2-7,16-17H,1,8-14H2. The molecule has 1 unspecified atom stereocenters. The Morgan fingerprint density at radius 1 is 1.17 bits per heavy atom. The van der Waals surface area contributed by atoms with Crippen LogP contribution in [0.2, 0.25) is 0 Å². The minimum Gasteiger partial charge on any atom is -0.375 e. The molecule has 24 heavy (non-hydrogen) atoms. The number of aryl methyl sites for hydroxylation is 1. The van der Waals surface area contributed by atoms with E-state index in [-0.39, 0.29) is 23.8 Å². The van der Waals surface area contributed by atoms with Crippen molar-refractivity contribution in [2.75, 3.05) is 32.8 Å².